The van der Waals surface area contributed by atoms with Crippen LogP contribution in [0, 0.1) is 3.57 Å². The fourth-order valence-corrected chi connectivity index (χ4v) is 2.73. The van der Waals surface area contributed by atoms with Crippen molar-refractivity contribution in [2.24, 2.45) is 0 Å². The van der Waals surface area contributed by atoms with Crippen LogP contribution in [0.2, 0.25) is 5.02 Å². The second-order valence-corrected chi connectivity index (χ2v) is 5.74. The Balaban J connectivity index is 2.26. The number of anilines is 1. The molecule has 2 nitrogen and oxygen atoms in total. The molecule has 0 aromatic heterocycles. The average molecular weight is 386 g/mol. The predicted molar refractivity (Wildman–Crippen MR) is 87.9 cm³/mol. The van der Waals surface area contributed by atoms with Gasteiger partial charge in [0.2, 0.25) is 0 Å². The van der Waals surface area contributed by atoms with Gasteiger partial charge in [-0.25, -0.2) is 0 Å². The van der Waals surface area contributed by atoms with Crippen LogP contribution >= 0.6 is 34.2 Å². The number of carbonyl (C=O) groups excluding carboxylic acids is 1. The molecule has 19 heavy (non-hydrogen) atoms. The molecule has 0 bridgehead atoms. The highest BCUT2D eigenvalue weighted by atomic mass is 127. The molecule has 0 aliphatic heterocycles. The fourth-order valence-electron chi connectivity index (χ4n) is 1.83. The van der Waals surface area contributed by atoms with Gasteiger partial charge < -0.3 is 5.32 Å². The van der Waals surface area contributed by atoms with Crippen LogP contribution in [0.5, 0.6) is 0 Å². The lowest BCUT2D eigenvalue weighted by Gasteiger charge is -2.10. The van der Waals surface area contributed by atoms with Crippen molar-refractivity contribution in [3.63, 3.8) is 0 Å². The quantitative estimate of drug-likeness (QED) is 0.758. The van der Waals surface area contributed by atoms with E-state index < -0.39 is 0 Å². The minimum absolute atomic E-state index is 0.124. The summed E-state index contributed by atoms with van der Waals surface area (Å²) in [7, 11) is 0. The second-order valence-electron chi connectivity index (χ2n) is 4.09. The Morgan fingerprint density at radius 1 is 1.26 bits per heavy atom. The van der Waals surface area contributed by atoms with E-state index in [4.69, 9.17) is 11.6 Å². The van der Waals surface area contributed by atoms with E-state index in [0.717, 1.165) is 15.6 Å². The third-order valence-electron chi connectivity index (χ3n) is 2.82. The van der Waals surface area contributed by atoms with Crippen molar-refractivity contribution >= 4 is 45.8 Å². The van der Waals surface area contributed by atoms with Gasteiger partial charge in [-0.2, -0.15) is 0 Å². The lowest BCUT2D eigenvalue weighted by atomic mass is 10.0. The molecule has 2 aromatic carbocycles. The van der Waals surface area contributed by atoms with Gasteiger partial charge in [0.25, 0.3) is 5.91 Å². The highest BCUT2D eigenvalue weighted by Gasteiger charge is 2.11. The van der Waals surface area contributed by atoms with Gasteiger partial charge in [0.15, 0.2) is 0 Å². The van der Waals surface area contributed by atoms with Gasteiger partial charge in [0.05, 0.1) is 10.7 Å². The first kappa shape index (κ1) is 14.3. The minimum Gasteiger partial charge on any atom is -0.321 e. The topological polar surface area (TPSA) is 29.1 Å². The third kappa shape index (κ3) is 3.48. The monoisotopic (exact) mass is 385 g/mol. The summed E-state index contributed by atoms with van der Waals surface area (Å²) < 4.78 is 1.04. The fraction of sp³-hybridized carbons (Fsp3) is 0.133. The maximum Gasteiger partial charge on any atom is 0.255 e. The molecule has 0 heterocycles. The molecule has 2 rings (SSSR count). The number of hydrogen-bond donors (Lipinski definition) is 1. The maximum atomic E-state index is 12.3. The first-order valence-corrected chi connectivity index (χ1v) is 7.41. The molecule has 0 spiro atoms. The molecule has 0 fully saturated rings. The highest BCUT2D eigenvalue weighted by molar-refractivity contribution is 14.1. The van der Waals surface area contributed by atoms with Gasteiger partial charge >= 0.3 is 0 Å². The molecule has 0 radical (unpaired) electrons. The molecule has 0 aliphatic carbocycles. The number of nitrogens with one attached hydrogen (secondary N) is 1. The summed E-state index contributed by atoms with van der Waals surface area (Å²) in [4.78, 5) is 12.3. The molecule has 0 saturated heterocycles. The number of carbonyl (C=O) groups is 1. The van der Waals surface area contributed by atoms with Crippen molar-refractivity contribution in [2.45, 2.75) is 13.3 Å². The molecule has 2 aromatic rings. The Labute approximate surface area is 131 Å². The Bertz CT molecular complexity index is 613. The normalized spacial score (nSPS) is 10.3. The van der Waals surface area contributed by atoms with Crippen LogP contribution in [-0.4, -0.2) is 5.91 Å². The van der Waals surface area contributed by atoms with E-state index in [1.54, 1.807) is 0 Å². The summed E-state index contributed by atoms with van der Waals surface area (Å²) in [5.74, 6) is -0.124. The molecule has 0 unspecified atom stereocenters. The van der Waals surface area contributed by atoms with Gasteiger partial charge in [-0.1, -0.05) is 36.7 Å². The largest absolute Gasteiger partial charge is 0.321 e. The van der Waals surface area contributed by atoms with E-state index in [1.165, 1.54) is 0 Å². The first-order valence-electron chi connectivity index (χ1n) is 5.96. The van der Waals surface area contributed by atoms with Gasteiger partial charge in [0, 0.05) is 9.13 Å². The third-order valence-corrected chi connectivity index (χ3v) is 3.81. The number of rotatable bonds is 3. The number of aryl methyl sites for hydroxylation is 1. The van der Waals surface area contributed by atoms with Crippen LogP contribution in [0.15, 0.2) is 42.5 Å². The minimum atomic E-state index is -0.124. The van der Waals surface area contributed by atoms with Crippen molar-refractivity contribution in [3.8, 4) is 0 Å². The van der Waals surface area contributed by atoms with E-state index in [0.29, 0.717) is 16.3 Å². The molecular formula is C15H13ClINO. The van der Waals surface area contributed by atoms with E-state index in [2.05, 4.69) is 27.9 Å². The summed E-state index contributed by atoms with van der Waals surface area (Å²) in [6.45, 7) is 2.03. The molecule has 1 amide bonds. The zero-order valence-electron chi connectivity index (χ0n) is 10.4. The molecule has 98 valence electrons. The Hall–Kier alpha value is -1.07. The Kier molecular flexibility index (Phi) is 4.82. The summed E-state index contributed by atoms with van der Waals surface area (Å²) in [5, 5.41) is 3.40. The lowest BCUT2D eigenvalue weighted by molar-refractivity contribution is 0.102. The van der Waals surface area contributed by atoms with Crippen molar-refractivity contribution in [1.29, 1.82) is 0 Å². The summed E-state index contributed by atoms with van der Waals surface area (Å²) in [6.07, 6.45) is 0.823. The molecule has 4 heteroatoms. The maximum absolute atomic E-state index is 12.3. The number of hydrogen-bond acceptors (Lipinski definition) is 1. The molecule has 0 saturated carbocycles. The van der Waals surface area contributed by atoms with E-state index in [-0.39, 0.29) is 5.91 Å². The standard InChI is InChI=1S/C15H13ClINO/c1-2-10-5-3-4-6-12(10)15(19)18-14-8-7-11(17)9-13(14)16/h3-9H,2H2,1H3,(H,18,19). The molecular weight excluding hydrogens is 373 g/mol. The van der Waals surface area contributed by atoms with Crippen molar-refractivity contribution in [3.05, 3.63) is 62.2 Å². The van der Waals surface area contributed by atoms with Crippen molar-refractivity contribution in [2.75, 3.05) is 5.32 Å². The zero-order valence-corrected chi connectivity index (χ0v) is 13.3. The summed E-state index contributed by atoms with van der Waals surface area (Å²) in [6, 6.07) is 13.1. The van der Waals surface area contributed by atoms with Crippen molar-refractivity contribution < 1.29 is 4.79 Å². The van der Waals surface area contributed by atoms with Crippen LogP contribution in [0.4, 0.5) is 5.69 Å². The van der Waals surface area contributed by atoms with Crippen molar-refractivity contribution in [1.82, 2.24) is 0 Å². The number of benzene rings is 2. The molecule has 0 aliphatic rings. The average Bonchev–Trinajstić information content (AvgIpc) is 2.41. The lowest BCUT2D eigenvalue weighted by Crippen LogP contribution is -2.14. The molecule has 1 N–H and O–H groups in total. The summed E-state index contributed by atoms with van der Waals surface area (Å²) in [5.41, 5.74) is 2.36. The van der Waals surface area contributed by atoms with Crippen LogP contribution in [0.25, 0.3) is 0 Å². The highest BCUT2D eigenvalue weighted by Crippen LogP contribution is 2.24. The Morgan fingerprint density at radius 2 is 2.00 bits per heavy atom. The van der Waals surface area contributed by atoms with E-state index in [1.807, 2.05) is 49.4 Å². The van der Waals surface area contributed by atoms with Crippen LogP contribution in [-0.2, 0) is 6.42 Å². The molecule has 0 atom stereocenters. The van der Waals surface area contributed by atoms with Crippen LogP contribution in [0.3, 0.4) is 0 Å². The smallest absolute Gasteiger partial charge is 0.255 e. The second kappa shape index (κ2) is 6.39. The van der Waals surface area contributed by atoms with E-state index >= 15 is 0 Å². The first-order chi connectivity index (χ1) is 9.11. The van der Waals surface area contributed by atoms with E-state index in [9.17, 15) is 4.79 Å². The van der Waals surface area contributed by atoms with Crippen LogP contribution in [0.1, 0.15) is 22.8 Å². The predicted octanol–water partition coefficient (Wildman–Crippen LogP) is 4.76. The number of halogens is 2. The Morgan fingerprint density at radius 3 is 2.68 bits per heavy atom. The van der Waals surface area contributed by atoms with Gasteiger partial charge in [0.1, 0.15) is 0 Å². The summed E-state index contributed by atoms with van der Waals surface area (Å²) >= 11 is 8.30. The zero-order chi connectivity index (χ0) is 13.8. The van der Waals surface area contributed by atoms with Gasteiger partial charge in [-0.05, 0) is 58.8 Å². The SMILES string of the molecule is CCc1ccccc1C(=O)Nc1ccc(I)cc1Cl. The van der Waals surface area contributed by atoms with Gasteiger partial charge in [-0.15, -0.1) is 0 Å². The van der Waals surface area contributed by atoms with Crippen LogP contribution < -0.4 is 5.32 Å². The number of amides is 1. The van der Waals surface area contributed by atoms with Gasteiger partial charge in [-0.3, -0.25) is 4.79 Å².